The molecule has 4 aromatic rings. The SMILES string of the molecule is CCOc1ccccc1Nc1nc(C)cc(NCCc2c[nH]c3ccccc23)n1. The molecule has 6 nitrogen and oxygen atoms in total. The minimum Gasteiger partial charge on any atom is -0.492 e. The lowest BCUT2D eigenvalue weighted by Crippen LogP contribution is -2.09. The zero-order valence-corrected chi connectivity index (χ0v) is 16.7. The second-order valence-corrected chi connectivity index (χ2v) is 6.81. The highest BCUT2D eigenvalue weighted by Gasteiger charge is 2.08. The van der Waals surface area contributed by atoms with E-state index in [-0.39, 0.29) is 0 Å². The molecule has 2 aromatic carbocycles. The number of aromatic nitrogens is 3. The van der Waals surface area contributed by atoms with Crippen LogP contribution in [0.5, 0.6) is 5.75 Å². The predicted octanol–water partition coefficient (Wildman–Crippen LogP) is 5.06. The molecule has 2 heterocycles. The van der Waals surface area contributed by atoms with Gasteiger partial charge < -0.3 is 20.4 Å². The van der Waals surface area contributed by atoms with Crippen LogP contribution in [0.3, 0.4) is 0 Å². The van der Waals surface area contributed by atoms with E-state index in [1.165, 1.54) is 16.5 Å². The first-order valence-corrected chi connectivity index (χ1v) is 9.86. The molecule has 0 saturated heterocycles. The van der Waals surface area contributed by atoms with Crippen LogP contribution in [-0.2, 0) is 6.42 Å². The summed E-state index contributed by atoms with van der Waals surface area (Å²) in [5, 5.41) is 7.96. The Labute approximate surface area is 170 Å². The quantitative estimate of drug-likeness (QED) is 0.394. The normalized spacial score (nSPS) is 10.8. The molecule has 3 N–H and O–H groups in total. The van der Waals surface area contributed by atoms with E-state index in [1.807, 2.05) is 50.2 Å². The van der Waals surface area contributed by atoms with Gasteiger partial charge in [-0.15, -0.1) is 0 Å². The van der Waals surface area contributed by atoms with Gasteiger partial charge >= 0.3 is 0 Å². The van der Waals surface area contributed by atoms with Gasteiger partial charge in [0.2, 0.25) is 5.95 Å². The van der Waals surface area contributed by atoms with E-state index < -0.39 is 0 Å². The van der Waals surface area contributed by atoms with E-state index in [4.69, 9.17) is 4.74 Å². The molecule has 0 aliphatic heterocycles. The number of hydrogen-bond donors (Lipinski definition) is 3. The molecule has 29 heavy (non-hydrogen) atoms. The van der Waals surface area contributed by atoms with Gasteiger partial charge in [0, 0.05) is 35.4 Å². The van der Waals surface area contributed by atoms with Crippen molar-refractivity contribution in [3.05, 3.63) is 72.1 Å². The lowest BCUT2D eigenvalue weighted by Gasteiger charge is -2.13. The summed E-state index contributed by atoms with van der Waals surface area (Å²) in [6, 6.07) is 18.1. The second kappa shape index (κ2) is 8.65. The first-order chi connectivity index (χ1) is 14.2. The fourth-order valence-electron chi connectivity index (χ4n) is 3.35. The van der Waals surface area contributed by atoms with Crippen molar-refractivity contribution in [2.45, 2.75) is 20.3 Å². The third-order valence-electron chi connectivity index (χ3n) is 4.66. The highest BCUT2D eigenvalue weighted by molar-refractivity contribution is 5.83. The average Bonchev–Trinajstić information content (AvgIpc) is 3.13. The van der Waals surface area contributed by atoms with Gasteiger partial charge in [-0.3, -0.25) is 0 Å². The van der Waals surface area contributed by atoms with E-state index in [2.05, 4.69) is 50.0 Å². The zero-order chi connectivity index (χ0) is 20.1. The molecule has 148 valence electrons. The Morgan fingerprint density at radius 3 is 2.76 bits per heavy atom. The third-order valence-corrected chi connectivity index (χ3v) is 4.66. The van der Waals surface area contributed by atoms with Crippen LogP contribution in [0.25, 0.3) is 10.9 Å². The van der Waals surface area contributed by atoms with E-state index >= 15 is 0 Å². The Bertz CT molecular complexity index is 1110. The molecule has 0 radical (unpaired) electrons. The molecule has 0 fully saturated rings. The van der Waals surface area contributed by atoms with Crippen molar-refractivity contribution in [2.24, 2.45) is 0 Å². The molecule has 6 heteroatoms. The van der Waals surface area contributed by atoms with Gasteiger partial charge in [0.1, 0.15) is 11.6 Å². The Hall–Kier alpha value is -3.54. The summed E-state index contributed by atoms with van der Waals surface area (Å²) in [5.74, 6) is 2.13. The second-order valence-electron chi connectivity index (χ2n) is 6.81. The molecule has 4 rings (SSSR count). The molecule has 2 aromatic heterocycles. The van der Waals surface area contributed by atoms with Crippen LogP contribution < -0.4 is 15.4 Å². The Kier molecular flexibility index (Phi) is 5.61. The summed E-state index contributed by atoms with van der Waals surface area (Å²) in [5.41, 5.74) is 4.21. The van der Waals surface area contributed by atoms with Crippen LogP contribution >= 0.6 is 0 Å². The monoisotopic (exact) mass is 387 g/mol. The van der Waals surface area contributed by atoms with E-state index in [9.17, 15) is 0 Å². The molecule has 0 atom stereocenters. The van der Waals surface area contributed by atoms with Gasteiger partial charge in [0.25, 0.3) is 0 Å². The summed E-state index contributed by atoms with van der Waals surface area (Å²) in [6.45, 7) is 5.32. The molecule has 0 saturated carbocycles. The number of hydrogen-bond acceptors (Lipinski definition) is 5. The van der Waals surface area contributed by atoms with Crippen molar-refractivity contribution in [1.29, 1.82) is 0 Å². The number of aromatic amines is 1. The summed E-state index contributed by atoms with van der Waals surface area (Å²) in [6.07, 6.45) is 2.98. The van der Waals surface area contributed by atoms with E-state index in [0.717, 1.165) is 35.9 Å². The number of benzene rings is 2. The predicted molar refractivity (Wildman–Crippen MR) is 118 cm³/mol. The molecule has 0 amide bonds. The minimum atomic E-state index is 0.548. The van der Waals surface area contributed by atoms with Gasteiger partial charge in [-0.25, -0.2) is 4.98 Å². The summed E-state index contributed by atoms with van der Waals surface area (Å²) in [7, 11) is 0. The van der Waals surface area contributed by atoms with Crippen LogP contribution in [0.15, 0.2) is 60.8 Å². The van der Waals surface area contributed by atoms with Gasteiger partial charge in [-0.2, -0.15) is 4.98 Å². The average molecular weight is 387 g/mol. The number of H-pyrrole nitrogens is 1. The Morgan fingerprint density at radius 1 is 1.03 bits per heavy atom. The Morgan fingerprint density at radius 2 is 1.86 bits per heavy atom. The number of anilines is 3. The molecular weight excluding hydrogens is 362 g/mol. The van der Waals surface area contributed by atoms with Crippen molar-refractivity contribution < 1.29 is 4.74 Å². The highest BCUT2D eigenvalue weighted by Crippen LogP contribution is 2.26. The fourth-order valence-corrected chi connectivity index (χ4v) is 3.35. The van der Waals surface area contributed by atoms with Crippen LogP contribution in [0.4, 0.5) is 17.5 Å². The van der Waals surface area contributed by atoms with Gasteiger partial charge in [0.05, 0.1) is 12.3 Å². The largest absolute Gasteiger partial charge is 0.492 e. The van der Waals surface area contributed by atoms with E-state index in [1.54, 1.807) is 0 Å². The maximum absolute atomic E-state index is 5.67. The molecule has 0 spiro atoms. The van der Waals surface area contributed by atoms with Crippen LogP contribution in [0.1, 0.15) is 18.2 Å². The van der Waals surface area contributed by atoms with Crippen molar-refractivity contribution in [1.82, 2.24) is 15.0 Å². The first kappa shape index (κ1) is 18.8. The number of nitrogens with one attached hydrogen (secondary N) is 3. The molecule has 0 aliphatic carbocycles. The molecule has 0 aliphatic rings. The topological polar surface area (TPSA) is 74.9 Å². The molecule has 0 bridgehead atoms. The van der Waals surface area contributed by atoms with Crippen molar-refractivity contribution >= 4 is 28.4 Å². The number of rotatable bonds is 8. The standard InChI is InChI=1S/C23H25N5O/c1-3-29-21-11-7-6-10-20(21)27-23-26-16(2)14-22(28-23)24-13-12-17-15-25-19-9-5-4-8-18(17)19/h4-11,14-15,25H,3,12-13H2,1-2H3,(H2,24,26,27,28). The number of nitrogens with zero attached hydrogens (tertiary/aromatic N) is 2. The molecule has 0 unspecified atom stereocenters. The fraction of sp³-hybridized carbons (Fsp3) is 0.217. The maximum Gasteiger partial charge on any atom is 0.229 e. The van der Waals surface area contributed by atoms with Crippen LogP contribution in [-0.4, -0.2) is 28.1 Å². The minimum absolute atomic E-state index is 0.548. The van der Waals surface area contributed by atoms with Crippen molar-refractivity contribution in [2.75, 3.05) is 23.8 Å². The first-order valence-electron chi connectivity index (χ1n) is 9.86. The number of aryl methyl sites for hydroxylation is 1. The maximum atomic E-state index is 5.67. The number of para-hydroxylation sites is 3. The lowest BCUT2D eigenvalue weighted by atomic mass is 10.1. The number of ether oxygens (including phenoxy) is 1. The van der Waals surface area contributed by atoms with Crippen LogP contribution in [0.2, 0.25) is 0 Å². The Balaban J connectivity index is 1.44. The zero-order valence-electron chi connectivity index (χ0n) is 16.7. The summed E-state index contributed by atoms with van der Waals surface area (Å²) in [4.78, 5) is 12.4. The number of fused-ring (bicyclic) bond motifs is 1. The smallest absolute Gasteiger partial charge is 0.229 e. The lowest BCUT2D eigenvalue weighted by molar-refractivity contribution is 0.342. The van der Waals surface area contributed by atoms with Crippen LogP contribution in [0, 0.1) is 6.92 Å². The molecular formula is C23H25N5O. The summed E-state index contributed by atoms with van der Waals surface area (Å²) < 4.78 is 5.67. The van der Waals surface area contributed by atoms with E-state index in [0.29, 0.717) is 12.6 Å². The van der Waals surface area contributed by atoms with Crippen molar-refractivity contribution in [3.63, 3.8) is 0 Å². The van der Waals surface area contributed by atoms with Gasteiger partial charge in [0.15, 0.2) is 0 Å². The highest BCUT2D eigenvalue weighted by atomic mass is 16.5. The van der Waals surface area contributed by atoms with Crippen molar-refractivity contribution in [3.8, 4) is 5.75 Å². The van der Waals surface area contributed by atoms with Gasteiger partial charge in [-0.1, -0.05) is 30.3 Å². The van der Waals surface area contributed by atoms with Gasteiger partial charge in [-0.05, 0) is 44.0 Å². The third kappa shape index (κ3) is 4.48. The summed E-state index contributed by atoms with van der Waals surface area (Å²) >= 11 is 0.